The molecule has 0 radical (unpaired) electrons. The minimum atomic E-state index is -0.0715. The third-order valence-electron chi connectivity index (χ3n) is 2.93. The number of amides is 2. The Balaban J connectivity index is 2.69. The molecule has 0 atom stereocenters. The van der Waals surface area contributed by atoms with E-state index in [1.165, 1.54) is 0 Å². The summed E-state index contributed by atoms with van der Waals surface area (Å²) in [6, 6.07) is 6.99. The van der Waals surface area contributed by atoms with Gasteiger partial charge in [0.2, 0.25) is 5.91 Å². The van der Waals surface area contributed by atoms with Crippen LogP contribution in [0.15, 0.2) is 24.3 Å². The van der Waals surface area contributed by atoms with E-state index in [1.807, 2.05) is 27.9 Å². The van der Waals surface area contributed by atoms with Gasteiger partial charge in [-0.3, -0.25) is 9.59 Å². The minimum Gasteiger partial charge on any atom is -0.339 e. The van der Waals surface area contributed by atoms with Crippen molar-refractivity contribution in [2.75, 3.05) is 39.0 Å². The highest BCUT2D eigenvalue weighted by molar-refractivity contribution is 5.96. The second-order valence-corrected chi connectivity index (χ2v) is 4.84. The van der Waals surface area contributed by atoms with Crippen molar-refractivity contribution in [2.24, 2.45) is 0 Å². The molecular formula is C15H23N3O2. The average Bonchev–Trinajstić information content (AvgIpc) is 2.39. The van der Waals surface area contributed by atoms with Crippen molar-refractivity contribution < 1.29 is 9.59 Å². The number of anilines is 1. The second kappa shape index (κ2) is 7.65. The van der Waals surface area contributed by atoms with Crippen LogP contribution >= 0.6 is 0 Å². The van der Waals surface area contributed by atoms with E-state index >= 15 is 0 Å². The summed E-state index contributed by atoms with van der Waals surface area (Å²) < 4.78 is 0. The lowest BCUT2D eigenvalue weighted by Crippen LogP contribution is -2.30. The van der Waals surface area contributed by atoms with Gasteiger partial charge in [0.1, 0.15) is 0 Å². The Hall–Kier alpha value is -1.88. The smallest absolute Gasteiger partial charge is 0.253 e. The Kier molecular flexibility index (Phi) is 6.18. The SMILES string of the molecule is CCN(CC)C(=O)c1ccc(NC(=O)CN(C)C)cc1. The van der Waals surface area contributed by atoms with E-state index < -0.39 is 0 Å². The van der Waals surface area contributed by atoms with Crippen LogP contribution in [0, 0.1) is 0 Å². The van der Waals surface area contributed by atoms with Crippen molar-refractivity contribution in [3.05, 3.63) is 29.8 Å². The standard InChI is InChI=1S/C15H23N3O2/c1-5-18(6-2)15(20)12-7-9-13(10-8-12)16-14(19)11-17(3)4/h7-10H,5-6,11H2,1-4H3,(H,16,19). The van der Waals surface area contributed by atoms with Crippen LogP contribution in [0.4, 0.5) is 5.69 Å². The maximum absolute atomic E-state index is 12.1. The van der Waals surface area contributed by atoms with Gasteiger partial charge in [-0.1, -0.05) is 0 Å². The largest absolute Gasteiger partial charge is 0.339 e. The second-order valence-electron chi connectivity index (χ2n) is 4.84. The van der Waals surface area contributed by atoms with Gasteiger partial charge in [-0.2, -0.15) is 0 Å². The Bertz CT molecular complexity index is 451. The fraction of sp³-hybridized carbons (Fsp3) is 0.467. The third-order valence-corrected chi connectivity index (χ3v) is 2.93. The number of nitrogens with zero attached hydrogens (tertiary/aromatic N) is 2. The fourth-order valence-corrected chi connectivity index (χ4v) is 1.88. The van der Waals surface area contributed by atoms with Gasteiger partial charge >= 0.3 is 0 Å². The number of likely N-dealkylation sites (N-methyl/N-ethyl adjacent to an activating group) is 1. The summed E-state index contributed by atoms with van der Waals surface area (Å²) in [5, 5.41) is 2.79. The van der Waals surface area contributed by atoms with Gasteiger partial charge in [0.15, 0.2) is 0 Å². The van der Waals surface area contributed by atoms with Crippen LogP contribution in [-0.4, -0.2) is 55.3 Å². The molecule has 1 rings (SSSR count). The van der Waals surface area contributed by atoms with Crippen LogP contribution in [0.1, 0.15) is 24.2 Å². The summed E-state index contributed by atoms with van der Waals surface area (Å²) >= 11 is 0. The molecule has 0 spiro atoms. The molecule has 5 nitrogen and oxygen atoms in total. The van der Waals surface area contributed by atoms with Crippen molar-refractivity contribution >= 4 is 17.5 Å². The maximum Gasteiger partial charge on any atom is 0.253 e. The molecule has 0 aliphatic carbocycles. The fourth-order valence-electron chi connectivity index (χ4n) is 1.88. The highest BCUT2D eigenvalue weighted by atomic mass is 16.2. The zero-order valence-electron chi connectivity index (χ0n) is 12.6. The van der Waals surface area contributed by atoms with Crippen LogP contribution in [0.3, 0.4) is 0 Å². The highest BCUT2D eigenvalue weighted by Crippen LogP contribution is 2.11. The Morgan fingerprint density at radius 2 is 1.60 bits per heavy atom. The van der Waals surface area contributed by atoms with Crippen molar-refractivity contribution in [1.82, 2.24) is 9.80 Å². The predicted molar refractivity (Wildman–Crippen MR) is 80.9 cm³/mol. The van der Waals surface area contributed by atoms with Gasteiger partial charge in [-0.15, -0.1) is 0 Å². The Labute approximate surface area is 120 Å². The normalized spacial score (nSPS) is 10.4. The van der Waals surface area contributed by atoms with E-state index in [9.17, 15) is 9.59 Å². The lowest BCUT2D eigenvalue weighted by atomic mass is 10.1. The molecule has 0 fully saturated rings. The minimum absolute atomic E-state index is 0.0150. The average molecular weight is 277 g/mol. The highest BCUT2D eigenvalue weighted by Gasteiger charge is 2.12. The molecule has 0 saturated carbocycles. The number of hydrogen-bond acceptors (Lipinski definition) is 3. The van der Waals surface area contributed by atoms with Crippen LogP contribution in [0.2, 0.25) is 0 Å². The van der Waals surface area contributed by atoms with Gasteiger partial charge < -0.3 is 15.1 Å². The summed E-state index contributed by atoms with van der Waals surface area (Å²) in [7, 11) is 3.68. The molecular weight excluding hydrogens is 254 g/mol. The molecule has 20 heavy (non-hydrogen) atoms. The lowest BCUT2D eigenvalue weighted by Gasteiger charge is -2.18. The van der Waals surface area contributed by atoms with E-state index in [0.717, 1.165) is 0 Å². The number of nitrogens with one attached hydrogen (secondary N) is 1. The number of hydrogen-bond donors (Lipinski definition) is 1. The monoisotopic (exact) mass is 277 g/mol. The summed E-state index contributed by atoms with van der Waals surface area (Å²) in [5.74, 6) is -0.0565. The molecule has 1 N–H and O–H groups in total. The molecule has 1 aromatic rings. The van der Waals surface area contributed by atoms with Gasteiger partial charge in [0.25, 0.3) is 5.91 Å². The topological polar surface area (TPSA) is 52.7 Å². The molecule has 0 aliphatic rings. The van der Waals surface area contributed by atoms with Gasteiger partial charge in [0, 0.05) is 24.3 Å². The van der Waals surface area contributed by atoms with Crippen molar-refractivity contribution in [1.29, 1.82) is 0 Å². The number of benzene rings is 1. The molecule has 1 aromatic carbocycles. The van der Waals surface area contributed by atoms with Crippen LogP contribution in [0.5, 0.6) is 0 Å². The van der Waals surface area contributed by atoms with E-state index in [4.69, 9.17) is 0 Å². The summed E-state index contributed by atoms with van der Waals surface area (Å²) in [6.45, 7) is 5.63. The summed E-state index contributed by atoms with van der Waals surface area (Å²) in [5.41, 5.74) is 1.34. The van der Waals surface area contributed by atoms with E-state index in [0.29, 0.717) is 30.9 Å². The zero-order valence-corrected chi connectivity index (χ0v) is 12.6. The summed E-state index contributed by atoms with van der Waals surface area (Å²) in [4.78, 5) is 27.3. The third kappa shape index (κ3) is 4.66. The first kappa shape index (κ1) is 16.2. The Morgan fingerprint density at radius 3 is 2.05 bits per heavy atom. The van der Waals surface area contributed by atoms with Crippen molar-refractivity contribution in [2.45, 2.75) is 13.8 Å². The molecule has 0 bridgehead atoms. The molecule has 0 heterocycles. The van der Waals surface area contributed by atoms with Crippen LogP contribution < -0.4 is 5.32 Å². The molecule has 5 heteroatoms. The predicted octanol–water partition coefficient (Wildman–Crippen LogP) is 1.67. The quantitative estimate of drug-likeness (QED) is 0.860. The maximum atomic E-state index is 12.1. The molecule has 0 saturated heterocycles. The lowest BCUT2D eigenvalue weighted by molar-refractivity contribution is -0.116. The van der Waals surface area contributed by atoms with Crippen molar-refractivity contribution in [3.63, 3.8) is 0 Å². The molecule has 2 amide bonds. The van der Waals surface area contributed by atoms with Gasteiger partial charge in [-0.05, 0) is 52.2 Å². The first-order valence-corrected chi connectivity index (χ1v) is 6.81. The Morgan fingerprint density at radius 1 is 1.05 bits per heavy atom. The van der Waals surface area contributed by atoms with Gasteiger partial charge in [-0.25, -0.2) is 0 Å². The number of rotatable bonds is 6. The van der Waals surface area contributed by atoms with Crippen LogP contribution in [0.25, 0.3) is 0 Å². The first-order chi connectivity index (χ1) is 9.47. The molecule has 0 aliphatic heterocycles. The van der Waals surface area contributed by atoms with E-state index in [-0.39, 0.29) is 11.8 Å². The van der Waals surface area contributed by atoms with E-state index in [1.54, 1.807) is 34.1 Å². The van der Waals surface area contributed by atoms with E-state index in [2.05, 4.69) is 5.32 Å². The molecule has 0 unspecified atom stereocenters. The van der Waals surface area contributed by atoms with Crippen LogP contribution in [-0.2, 0) is 4.79 Å². The first-order valence-electron chi connectivity index (χ1n) is 6.81. The van der Waals surface area contributed by atoms with Crippen molar-refractivity contribution in [3.8, 4) is 0 Å². The number of carbonyl (C=O) groups is 2. The zero-order chi connectivity index (χ0) is 15.1. The molecule has 110 valence electrons. The number of carbonyl (C=O) groups excluding carboxylic acids is 2. The summed E-state index contributed by atoms with van der Waals surface area (Å²) in [6.07, 6.45) is 0. The molecule has 0 aromatic heterocycles. The van der Waals surface area contributed by atoms with Gasteiger partial charge in [0.05, 0.1) is 6.54 Å².